The third-order valence-electron chi connectivity index (χ3n) is 3.81. The zero-order valence-electron chi connectivity index (χ0n) is 10.8. The van der Waals surface area contributed by atoms with Crippen molar-refractivity contribution in [3.8, 4) is 0 Å². The summed E-state index contributed by atoms with van der Waals surface area (Å²) >= 11 is 0. The van der Waals surface area contributed by atoms with E-state index in [1.807, 2.05) is 0 Å². The summed E-state index contributed by atoms with van der Waals surface area (Å²) in [7, 11) is 0. The molecule has 0 heteroatoms. The van der Waals surface area contributed by atoms with Crippen molar-refractivity contribution < 1.29 is 0 Å². The predicted octanol–water partition coefficient (Wildman–Crippen LogP) is 4.89. The molecule has 1 rings (SSSR count). The average Bonchev–Trinajstić information content (AvgIpc) is 2.79. The molecule has 84 valence electrons. The normalized spacial score (nSPS) is 27.0. The summed E-state index contributed by atoms with van der Waals surface area (Å²) < 4.78 is 0. The van der Waals surface area contributed by atoms with E-state index in [0.717, 1.165) is 17.8 Å². The molecule has 0 N–H and O–H groups in total. The third-order valence-corrected chi connectivity index (χ3v) is 3.81. The van der Waals surface area contributed by atoms with Gasteiger partial charge in [-0.25, -0.2) is 0 Å². The van der Waals surface area contributed by atoms with Crippen molar-refractivity contribution in [2.75, 3.05) is 0 Å². The van der Waals surface area contributed by atoms with Gasteiger partial charge in [0.25, 0.3) is 0 Å². The second-order valence-corrected chi connectivity index (χ2v) is 6.46. The highest BCUT2D eigenvalue weighted by atomic mass is 14.4. The number of hydrogen-bond donors (Lipinski definition) is 0. The minimum atomic E-state index is 0.596. The van der Waals surface area contributed by atoms with Gasteiger partial charge in [-0.1, -0.05) is 47.5 Å². The highest BCUT2D eigenvalue weighted by Crippen LogP contribution is 2.49. The van der Waals surface area contributed by atoms with E-state index in [0.29, 0.717) is 5.41 Å². The molecule has 0 aromatic rings. The number of rotatable bonds is 6. The Balaban J connectivity index is 2.21. The van der Waals surface area contributed by atoms with Gasteiger partial charge in [0, 0.05) is 0 Å². The molecular formula is C14H28. The average molecular weight is 196 g/mol. The Morgan fingerprint density at radius 3 is 2.29 bits per heavy atom. The summed E-state index contributed by atoms with van der Waals surface area (Å²) in [6.07, 6.45) is 7.21. The van der Waals surface area contributed by atoms with Crippen LogP contribution >= 0.6 is 0 Å². The molecule has 0 bridgehead atoms. The van der Waals surface area contributed by atoms with Crippen LogP contribution in [0.1, 0.15) is 66.7 Å². The lowest BCUT2D eigenvalue weighted by atomic mass is 9.80. The molecule has 0 saturated heterocycles. The van der Waals surface area contributed by atoms with Crippen molar-refractivity contribution in [1.82, 2.24) is 0 Å². The Kier molecular flexibility index (Phi) is 4.04. The van der Waals surface area contributed by atoms with Gasteiger partial charge in [0.05, 0.1) is 0 Å². The second-order valence-electron chi connectivity index (χ2n) is 6.46. The van der Waals surface area contributed by atoms with Crippen LogP contribution in [0.15, 0.2) is 0 Å². The third kappa shape index (κ3) is 4.02. The minimum absolute atomic E-state index is 0.596. The van der Waals surface area contributed by atoms with Gasteiger partial charge in [-0.05, 0) is 42.4 Å². The highest BCUT2D eigenvalue weighted by Gasteiger charge is 2.38. The summed E-state index contributed by atoms with van der Waals surface area (Å²) in [5.74, 6) is 3.02. The number of hydrogen-bond acceptors (Lipinski definition) is 0. The standard InChI is InChI=1S/C14H28/c1-6-12-9-13(12)10-14(4,5)8-7-11(2)3/h11-13H,6-10H2,1-5H3. The molecular weight excluding hydrogens is 168 g/mol. The first-order valence-corrected chi connectivity index (χ1v) is 6.44. The van der Waals surface area contributed by atoms with E-state index in [9.17, 15) is 0 Å². The van der Waals surface area contributed by atoms with Crippen molar-refractivity contribution in [3.05, 3.63) is 0 Å². The lowest BCUT2D eigenvalue weighted by Crippen LogP contribution is -2.13. The van der Waals surface area contributed by atoms with E-state index < -0.39 is 0 Å². The minimum Gasteiger partial charge on any atom is -0.0651 e. The molecule has 1 aliphatic carbocycles. The van der Waals surface area contributed by atoms with E-state index in [1.165, 1.54) is 32.1 Å². The van der Waals surface area contributed by atoms with Crippen LogP contribution in [0, 0.1) is 23.2 Å². The van der Waals surface area contributed by atoms with Crippen molar-refractivity contribution in [2.24, 2.45) is 23.2 Å². The van der Waals surface area contributed by atoms with Crippen LogP contribution in [0.4, 0.5) is 0 Å². The summed E-state index contributed by atoms with van der Waals surface area (Å²) in [6, 6.07) is 0. The summed E-state index contributed by atoms with van der Waals surface area (Å²) in [5.41, 5.74) is 0.596. The van der Waals surface area contributed by atoms with E-state index in [1.54, 1.807) is 0 Å². The topological polar surface area (TPSA) is 0 Å². The van der Waals surface area contributed by atoms with Crippen molar-refractivity contribution in [1.29, 1.82) is 0 Å². The zero-order valence-corrected chi connectivity index (χ0v) is 10.8. The Bertz CT molecular complexity index is 167. The molecule has 0 aliphatic heterocycles. The second kappa shape index (κ2) is 4.68. The maximum Gasteiger partial charge on any atom is -0.0351 e. The molecule has 0 amide bonds. The van der Waals surface area contributed by atoms with Crippen LogP contribution in [0.3, 0.4) is 0 Å². The van der Waals surface area contributed by atoms with Crippen LogP contribution in [0.2, 0.25) is 0 Å². The van der Waals surface area contributed by atoms with Gasteiger partial charge in [-0.3, -0.25) is 0 Å². The first-order valence-electron chi connectivity index (χ1n) is 6.44. The highest BCUT2D eigenvalue weighted by molar-refractivity contribution is 4.89. The van der Waals surface area contributed by atoms with E-state index in [4.69, 9.17) is 0 Å². The van der Waals surface area contributed by atoms with Gasteiger partial charge in [0.1, 0.15) is 0 Å². The van der Waals surface area contributed by atoms with E-state index >= 15 is 0 Å². The molecule has 14 heavy (non-hydrogen) atoms. The molecule has 1 saturated carbocycles. The first-order chi connectivity index (χ1) is 6.44. The van der Waals surface area contributed by atoms with Crippen molar-refractivity contribution in [3.63, 3.8) is 0 Å². The fourth-order valence-electron chi connectivity index (χ4n) is 2.55. The van der Waals surface area contributed by atoms with Crippen LogP contribution in [-0.2, 0) is 0 Å². The molecule has 1 fully saturated rings. The maximum atomic E-state index is 2.46. The maximum absolute atomic E-state index is 2.46. The van der Waals surface area contributed by atoms with Crippen LogP contribution < -0.4 is 0 Å². The monoisotopic (exact) mass is 196 g/mol. The van der Waals surface area contributed by atoms with Gasteiger partial charge in [0.15, 0.2) is 0 Å². The largest absolute Gasteiger partial charge is 0.0651 e. The first kappa shape index (κ1) is 12.1. The van der Waals surface area contributed by atoms with Crippen LogP contribution in [0.25, 0.3) is 0 Å². The predicted molar refractivity (Wildman–Crippen MR) is 64.4 cm³/mol. The lowest BCUT2D eigenvalue weighted by molar-refractivity contribution is 0.261. The molecule has 0 radical (unpaired) electrons. The van der Waals surface area contributed by atoms with Gasteiger partial charge < -0.3 is 0 Å². The SMILES string of the molecule is CCC1CC1CC(C)(C)CCC(C)C. The van der Waals surface area contributed by atoms with Crippen molar-refractivity contribution in [2.45, 2.75) is 66.7 Å². The zero-order chi connectivity index (χ0) is 10.8. The molecule has 2 unspecified atom stereocenters. The van der Waals surface area contributed by atoms with Gasteiger partial charge in [0.2, 0.25) is 0 Å². The lowest BCUT2D eigenvalue weighted by Gasteiger charge is -2.25. The summed E-state index contributed by atoms with van der Waals surface area (Å²) in [4.78, 5) is 0. The Labute approximate surface area is 90.5 Å². The van der Waals surface area contributed by atoms with E-state index in [-0.39, 0.29) is 0 Å². The molecule has 0 aromatic carbocycles. The van der Waals surface area contributed by atoms with Gasteiger partial charge in [-0.15, -0.1) is 0 Å². The van der Waals surface area contributed by atoms with E-state index in [2.05, 4.69) is 34.6 Å². The smallest absolute Gasteiger partial charge is 0.0351 e. The molecule has 0 heterocycles. The van der Waals surface area contributed by atoms with Crippen molar-refractivity contribution >= 4 is 0 Å². The molecule has 0 aromatic heterocycles. The quantitative estimate of drug-likeness (QED) is 0.567. The molecule has 0 nitrogen and oxygen atoms in total. The summed E-state index contributed by atoms with van der Waals surface area (Å²) in [5, 5.41) is 0. The molecule has 0 spiro atoms. The molecule has 2 atom stereocenters. The van der Waals surface area contributed by atoms with Gasteiger partial charge >= 0.3 is 0 Å². The Hall–Kier alpha value is 0. The van der Waals surface area contributed by atoms with Crippen LogP contribution in [-0.4, -0.2) is 0 Å². The fraction of sp³-hybridized carbons (Fsp3) is 1.00. The summed E-state index contributed by atoms with van der Waals surface area (Å²) in [6.45, 7) is 11.9. The Morgan fingerprint density at radius 1 is 1.21 bits per heavy atom. The van der Waals surface area contributed by atoms with Gasteiger partial charge in [-0.2, -0.15) is 0 Å². The Morgan fingerprint density at radius 2 is 1.86 bits per heavy atom. The van der Waals surface area contributed by atoms with Crippen LogP contribution in [0.5, 0.6) is 0 Å². The fourth-order valence-corrected chi connectivity index (χ4v) is 2.55. The molecule has 1 aliphatic rings.